The van der Waals surface area contributed by atoms with E-state index in [9.17, 15) is 9.59 Å². The predicted molar refractivity (Wildman–Crippen MR) is 81.8 cm³/mol. The molecule has 5 nitrogen and oxygen atoms in total. The molecule has 114 valence electrons. The van der Waals surface area contributed by atoms with Gasteiger partial charge in [0, 0.05) is 31.3 Å². The molecule has 2 aliphatic heterocycles. The van der Waals surface area contributed by atoms with Gasteiger partial charge in [-0.25, -0.2) is 0 Å². The highest BCUT2D eigenvalue weighted by Crippen LogP contribution is 2.21. The fourth-order valence-corrected chi connectivity index (χ4v) is 3.93. The molecule has 0 spiro atoms. The second kappa shape index (κ2) is 7.88. The monoisotopic (exact) mass is 299 g/mol. The van der Waals surface area contributed by atoms with Crippen LogP contribution in [0.3, 0.4) is 0 Å². The molecule has 2 rings (SSSR count). The molecule has 20 heavy (non-hydrogen) atoms. The Morgan fingerprint density at radius 3 is 2.45 bits per heavy atom. The van der Waals surface area contributed by atoms with Gasteiger partial charge in [0.25, 0.3) is 0 Å². The van der Waals surface area contributed by atoms with E-state index in [0.717, 1.165) is 39.0 Å². The average molecular weight is 299 g/mol. The van der Waals surface area contributed by atoms with E-state index in [2.05, 4.69) is 10.6 Å². The van der Waals surface area contributed by atoms with Crippen molar-refractivity contribution in [2.24, 2.45) is 0 Å². The fourth-order valence-electron chi connectivity index (χ4n) is 2.80. The molecule has 0 aromatic carbocycles. The molecule has 2 N–H and O–H groups in total. The number of carbonyl (C=O) groups excluding carboxylic acids is 2. The zero-order chi connectivity index (χ0) is 14.4. The zero-order valence-corrected chi connectivity index (χ0v) is 13.0. The van der Waals surface area contributed by atoms with E-state index in [1.807, 2.05) is 16.7 Å². The maximum Gasteiger partial charge on any atom is 0.232 e. The van der Waals surface area contributed by atoms with E-state index in [4.69, 9.17) is 0 Å². The molecular formula is C14H25N3O2S. The lowest BCUT2D eigenvalue weighted by Gasteiger charge is -2.32. The molecule has 0 saturated carbocycles. The lowest BCUT2D eigenvalue weighted by molar-refractivity contribution is -0.129. The number of nitrogens with zero attached hydrogens (tertiary/aromatic N) is 1. The first kappa shape index (κ1) is 15.6. The molecular weight excluding hydrogens is 274 g/mol. The summed E-state index contributed by atoms with van der Waals surface area (Å²) in [5, 5.41) is 6.92. The third-order valence-corrected chi connectivity index (χ3v) is 5.34. The second-order valence-electron chi connectivity index (χ2n) is 5.62. The number of piperidine rings is 2. The van der Waals surface area contributed by atoms with Crippen molar-refractivity contribution in [3.63, 3.8) is 0 Å². The van der Waals surface area contributed by atoms with Crippen LogP contribution in [0.1, 0.15) is 32.6 Å². The summed E-state index contributed by atoms with van der Waals surface area (Å²) in [5.74, 6) is 0.890. The molecule has 0 aromatic rings. The van der Waals surface area contributed by atoms with Gasteiger partial charge < -0.3 is 15.5 Å². The van der Waals surface area contributed by atoms with Crippen LogP contribution < -0.4 is 10.6 Å². The average Bonchev–Trinajstić information content (AvgIpc) is 2.46. The molecule has 0 bridgehead atoms. The third kappa shape index (κ3) is 4.98. The minimum absolute atomic E-state index is 0.0243. The van der Waals surface area contributed by atoms with Crippen molar-refractivity contribution in [2.45, 2.75) is 43.9 Å². The van der Waals surface area contributed by atoms with Crippen LogP contribution in [0.2, 0.25) is 0 Å². The third-order valence-electron chi connectivity index (χ3n) is 3.98. The summed E-state index contributed by atoms with van der Waals surface area (Å²) < 4.78 is 0. The summed E-state index contributed by atoms with van der Waals surface area (Å²) in [7, 11) is 0. The number of amides is 2. The largest absolute Gasteiger partial charge is 0.353 e. The van der Waals surface area contributed by atoms with Crippen molar-refractivity contribution in [2.75, 3.05) is 31.9 Å². The number of nitrogens with one attached hydrogen (secondary N) is 2. The maximum absolute atomic E-state index is 12.2. The molecule has 2 saturated heterocycles. The minimum Gasteiger partial charge on any atom is -0.353 e. The van der Waals surface area contributed by atoms with Crippen molar-refractivity contribution in [1.82, 2.24) is 15.5 Å². The Morgan fingerprint density at radius 2 is 1.85 bits per heavy atom. The van der Waals surface area contributed by atoms with Gasteiger partial charge in [0.15, 0.2) is 0 Å². The lowest BCUT2D eigenvalue weighted by Crippen LogP contribution is -2.46. The van der Waals surface area contributed by atoms with Crippen LogP contribution >= 0.6 is 11.8 Å². The van der Waals surface area contributed by atoms with E-state index < -0.39 is 0 Å². The molecule has 6 heteroatoms. The quantitative estimate of drug-likeness (QED) is 0.798. The topological polar surface area (TPSA) is 61.4 Å². The maximum atomic E-state index is 12.2. The van der Waals surface area contributed by atoms with Crippen LogP contribution in [0, 0.1) is 0 Å². The Morgan fingerprint density at radius 1 is 1.20 bits per heavy atom. The molecule has 2 aliphatic rings. The van der Waals surface area contributed by atoms with Crippen molar-refractivity contribution >= 4 is 23.6 Å². The van der Waals surface area contributed by atoms with Gasteiger partial charge in [-0.15, -0.1) is 11.8 Å². The molecule has 0 unspecified atom stereocenters. The van der Waals surface area contributed by atoms with Gasteiger partial charge >= 0.3 is 0 Å². The summed E-state index contributed by atoms with van der Waals surface area (Å²) in [6, 6.07) is 0.244. The van der Waals surface area contributed by atoms with E-state index >= 15 is 0 Å². The summed E-state index contributed by atoms with van der Waals surface area (Å²) in [6.45, 7) is 5.25. The fraction of sp³-hybridized carbons (Fsp3) is 0.857. The first-order chi connectivity index (χ1) is 9.65. The highest BCUT2D eigenvalue weighted by molar-refractivity contribution is 8.00. The highest BCUT2D eigenvalue weighted by atomic mass is 32.2. The van der Waals surface area contributed by atoms with Crippen LogP contribution in [0.5, 0.6) is 0 Å². The van der Waals surface area contributed by atoms with Crippen LogP contribution in [0.4, 0.5) is 0 Å². The first-order valence-electron chi connectivity index (χ1n) is 7.52. The second-order valence-corrected chi connectivity index (χ2v) is 6.90. The van der Waals surface area contributed by atoms with E-state index in [0.29, 0.717) is 11.0 Å². The zero-order valence-electron chi connectivity index (χ0n) is 12.2. The van der Waals surface area contributed by atoms with Crippen LogP contribution in [-0.4, -0.2) is 59.9 Å². The minimum atomic E-state index is 0.0243. The lowest BCUT2D eigenvalue weighted by atomic mass is 10.1. The number of hydrogen-bond acceptors (Lipinski definition) is 4. The van der Waals surface area contributed by atoms with Crippen LogP contribution in [0.25, 0.3) is 0 Å². The van der Waals surface area contributed by atoms with Crippen molar-refractivity contribution in [1.29, 1.82) is 0 Å². The van der Waals surface area contributed by atoms with E-state index in [1.54, 1.807) is 6.92 Å². The molecule has 0 aliphatic carbocycles. The van der Waals surface area contributed by atoms with Gasteiger partial charge in [-0.3, -0.25) is 9.59 Å². The van der Waals surface area contributed by atoms with Gasteiger partial charge in [0.1, 0.15) is 0 Å². The number of thioether (sulfide) groups is 1. The molecule has 2 heterocycles. The molecule has 2 fully saturated rings. The van der Waals surface area contributed by atoms with Gasteiger partial charge in [0.2, 0.25) is 11.8 Å². The first-order valence-corrected chi connectivity index (χ1v) is 8.57. The Hall–Kier alpha value is -0.750. The van der Waals surface area contributed by atoms with Crippen molar-refractivity contribution in [3.8, 4) is 0 Å². The summed E-state index contributed by atoms with van der Waals surface area (Å²) >= 11 is 1.81. The molecule has 2 amide bonds. The standard InChI is InChI=1S/C14H25N3O2S/c1-11(18)16-12-4-8-17(9-5-12)14(19)10-20-13-2-6-15-7-3-13/h12-13,15H,2-10H2,1H3,(H,16,18). The predicted octanol–water partition coefficient (Wildman–Crippen LogP) is 0.599. The number of carbonyl (C=O) groups is 2. The smallest absolute Gasteiger partial charge is 0.232 e. The number of rotatable bonds is 4. The Balaban J connectivity index is 1.65. The summed E-state index contributed by atoms with van der Waals surface area (Å²) in [6.07, 6.45) is 4.10. The van der Waals surface area contributed by atoms with E-state index in [1.165, 1.54) is 12.8 Å². The molecule has 0 atom stereocenters. The van der Waals surface area contributed by atoms with Gasteiger partial charge in [-0.05, 0) is 38.8 Å². The highest BCUT2D eigenvalue weighted by Gasteiger charge is 2.24. The SMILES string of the molecule is CC(=O)NC1CCN(C(=O)CSC2CCNCC2)CC1. The van der Waals surface area contributed by atoms with Gasteiger partial charge in [-0.2, -0.15) is 0 Å². The van der Waals surface area contributed by atoms with Crippen molar-refractivity contribution in [3.05, 3.63) is 0 Å². The Kier molecular flexibility index (Phi) is 6.16. The van der Waals surface area contributed by atoms with Gasteiger partial charge in [-0.1, -0.05) is 0 Å². The number of likely N-dealkylation sites (tertiary alicyclic amines) is 1. The normalized spacial score (nSPS) is 21.8. The Bertz CT molecular complexity index is 337. The molecule has 0 aromatic heterocycles. The van der Waals surface area contributed by atoms with Gasteiger partial charge in [0.05, 0.1) is 5.75 Å². The van der Waals surface area contributed by atoms with Crippen LogP contribution in [0.15, 0.2) is 0 Å². The van der Waals surface area contributed by atoms with Crippen LogP contribution in [-0.2, 0) is 9.59 Å². The number of hydrogen-bond donors (Lipinski definition) is 2. The van der Waals surface area contributed by atoms with Crippen molar-refractivity contribution < 1.29 is 9.59 Å². The Labute approximate surface area is 125 Å². The van der Waals surface area contributed by atoms with E-state index in [-0.39, 0.29) is 17.9 Å². The summed E-state index contributed by atoms with van der Waals surface area (Å²) in [4.78, 5) is 25.1. The summed E-state index contributed by atoms with van der Waals surface area (Å²) in [5.41, 5.74) is 0. The molecule has 0 radical (unpaired) electrons.